The van der Waals surface area contributed by atoms with Gasteiger partial charge in [0.1, 0.15) is 5.82 Å². The molecule has 0 spiro atoms. The number of unbranched alkanes of at least 4 members (excludes halogenated alkanes) is 6. The van der Waals surface area contributed by atoms with Gasteiger partial charge >= 0.3 is 0 Å². The Hall–Kier alpha value is -0.890. The first kappa shape index (κ1) is 16.2. The fourth-order valence-electron chi connectivity index (χ4n) is 2.09. The Balaban J connectivity index is 2.24. The zero-order valence-electron chi connectivity index (χ0n) is 11.6. The van der Waals surface area contributed by atoms with Crippen molar-refractivity contribution in [2.24, 2.45) is 0 Å². The predicted octanol–water partition coefficient (Wildman–Crippen LogP) is 5.80. The van der Waals surface area contributed by atoms with Gasteiger partial charge in [-0.15, -0.1) is 0 Å². The first-order valence-corrected chi connectivity index (χ1v) is 7.51. The van der Waals surface area contributed by atoms with Gasteiger partial charge in [0.15, 0.2) is 5.78 Å². The Kier molecular flexibility index (Phi) is 7.73. The van der Waals surface area contributed by atoms with Gasteiger partial charge in [0.25, 0.3) is 0 Å². The molecule has 1 nitrogen and oxygen atoms in total. The summed E-state index contributed by atoms with van der Waals surface area (Å²) >= 11 is 5.66. The number of halogens is 2. The molecule has 0 aromatic heterocycles. The maximum atomic E-state index is 13.5. The van der Waals surface area contributed by atoms with Crippen LogP contribution in [0.3, 0.4) is 0 Å². The first-order valence-electron chi connectivity index (χ1n) is 7.13. The second-order valence-electron chi connectivity index (χ2n) is 4.92. The van der Waals surface area contributed by atoms with Crippen LogP contribution in [0.1, 0.15) is 68.6 Å². The van der Waals surface area contributed by atoms with Crippen molar-refractivity contribution in [3.8, 4) is 0 Å². The minimum atomic E-state index is -0.513. The van der Waals surface area contributed by atoms with Crippen molar-refractivity contribution in [2.45, 2.75) is 58.3 Å². The summed E-state index contributed by atoms with van der Waals surface area (Å²) < 4.78 is 13.5. The van der Waals surface area contributed by atoms with E-state index in [0.29, 0.717) is 11.4 Å². The predicted molar refractivity (Wildman–Crippen MR) is 78.4 cm³/mol. The molecule has 3 heteroatoms. The third-order valence-electron chi connectivity index (χ3n) is 3.24. The highest BCUT2D eigenvalue weighted by atomic mass is 35.5. The van der Waals surface area contributed by atoms with Gasteiger partial charge in [-0.1, -0.05) is 57.0 Å². The topological polar surface area (TPSA) is 17.1 Å². The van der Waals surface area contributed by atoms with Gasteiger partial charge in [0, 0.05) is 11.4 Å². The van der Waals surface area contributed by atoms with Crippen LogP contribution in [-0.2, 0) is 0 Å². The van der Waals surface area contributed by atoms with Crippen molar-refractivity contribution in [2.75, 3.05) is 0 Å². The quantitative estimate of drug-likeness (QED) is 0.413. The largest absolute Gasteiger partial charge is 0.294 e. The number of rotatable bonds is 9. The van der Waals surface area contributed by atoms with Gasteiger partial charge in [0.2, 0.25) is 0 Å². The van der Waals surface area contributed by atoms with Crippen molar-refractivity contribution < 1.29 is 9.18 Å². The molecule has 0 saturated carbocycles. The van der Waals surface area contributed by atoms with E-state index in [1.807, 2.05) is 0 Å². The van der Waals surface area contributed by atoms with Crippen molar-refractivity contribution in [3.05, 3.63) is 34.6 Å². The Bertz CT molecular complexity index is 404. The molecule has 1 rings (SSSR count). The minimum Gasteiger partial charge on any atom is -0.294 e. The van der Waals surface area contributed by atoms with E-state index >= 15 is 0 Å². The summed E-state index contributed by atoms with van der Waals surface area (Å²) in [5.41, 5.74) is 0.162. The summed E-state index contributed by atoms with van der Waals surface area (Å²) in [6.07, 6.45) is 8.51. The van der Waals surface area contributed by atoms with E-state index in [1.165, 1.54) is 37.8 Å². The van der Waals surface area contributed by atoms with Crippen LogP contribution in [-0.4, -0.2) is 5.78 Å². The average molecular weight is 285 g/mol. The molecule has 19 heavy (non-hydrogen) atoms. The standard InChI is InChI=1S/C16H22ClFO/c1-2-3-4-5-6-7-8-9-16(19)14-11-10-13(17)12-15(14)18/h10-12H,2-9H2,1H3. The van der Waals surface area contributed by atoms with Crippen molar-refractivity contribution >= 4 is 17.4 Å². The lowest BCUT2D eigenvalue weighted by atomic mass is 10.0. The van der Waals surface area contributed by atoms with Gasteiger partial charge in [-0.2, -0.15) is 0 Å². The fraction of sp³-hybridized carbons (Fsp3) is 0.562. The van der Waals surface area contributed by atoms with Gasteiger partial charge in [-0.3, -0.25) is 4.79 Å². The average Bonchev–Trinajstić information content (AvgIpc) is 2.37. The van der Waals surface area contributed by atoms with Crippen LogP contribution in [0.5, 0.6) is 0 Å². The summed E-state index contributed by atoms with van der Waals surface area (Å²) in [7, 11) is 0. The summed E-state index contributed by atoms with van der Waals surface area (Å²) in [5.74, 6) is -0.636. The number of carbonyl (C=O) groups excluding carboxylic acids is 1. The molecular weight excluding hydrogens is 263 g/mol. The molecule has 0 unspecified atom stereocenters. The molecule has 0 aliphatic rings. The lowest BCUT2D eigenvalue weighted by Crippen LogP contribution is -2.02. The van der Waals surface area contributed by atoms with E-state index in [0.717, 1.165) is 19.3 Å². The third kappa shape index (κ3) is 6.20. The van der Waals surface area contributed by atoms with Crippen LogP contribution in [0.2, 0.25) is 5.02 Å². The molecule has 1 aromatic carbocycles. The lowest BCUT2D eigenvalue weighted by Gasteiger charge is -2.03. The Morgan fingerprint density at radius 3 is 2.37 bits per heavy atom. The highest BCUT2D eigenvalue weighted by Crippen LogP contribution is 2.17. The number of hydrogen-bond acceptors (Lipinski definition) is 1. The van der Waals surface area contributed by atoms with Crippen LogP contribution >= 0.6 is 11.6 Å². The summed E-state index contributed by atoms with van der Waals surface area (Å²) in [6, 6.07) is 4.23. The zero-order valence-corrected chi connectivity index (χ0v) is 12.3. The molecule has 0 saturated heterocycles. The number of hydrogen-bond donors (Lipinski definition) is 0. The maximum absolute atomic E-state index is 13.5. The highest BCUT2D eigenvalue weighted by Gasteiger charge is 2.11. The molecule has 0 bridgehead atoms. The van der Waals surface area contributed by atoms with E-state index in [9.17, 15) is 9.18 Å². The third-order valence-corrected chi connectivity index (χ3v) is 3.47. The van der Waals surface area contributed by atoms with E-state index in [2.05, 4.69) is 6.92 Å². The van der Waals surface area contributed by atoms with Crippen LogP contribution in [0, 0.1) is 5.82 Å². The molecule has 0 heterocycles. The molecule has 0 radical (unpaired) electrons. The van der Waals surface area contributed by atoms with E-state index < -0.39 is 5.82 Å². The fourth-order valence-corrected chi connectivity index (χ4v) is 2.25. The number of carbonyl (C=O) groups is 1. The van der Waals surface area contributed by atoms with Crippen LogP contribution in [0.4, 0.5) is 4.39 Å². The molecule has 0 fully saturated rings. The maximum Gasteiger partial charge on any atom is 0.165 e. The van der Waals surface area contributed by atoms with E-state index in [-0.39, 0.29) is 11.3 Å². The Labute approximate surface area is 120 Å². The molecule has 0 amide bonds. The summed E-state index contributed by atoms with van der Waals surface area (Å²) in [5, 5.41) is 0.324. The molecular formula is C16H22ClFO. The van der Waals surface area contributed by atoms with Crippen molar-refractivity contribution in [3.63, 3.8) is 0 Å². The summed E-state index contributed by atoms with van der Waals surface area (Å²) in [6.45, 7) is 2.19. The van der Waals surface area contributed by atoms with Gasteiger partial charge in [0.05, 0.1) is 5.56 Å². The minimum absolute atomic E-state index is 0.122. The van der Waals surface area contributed by atoms with Gasteiger partial charge in [-0.25, -0.2) is 4.39 Å². The van der Waals surface area contributed by atoms with Crippen LogP contribution in [0.15, 0.2) is 18.2 Å². The lowest BCUT2D eigenvalue weighted by molar-refractivity contribution is 0.0975. The molecule has 0 aliphatic carbocycles. The van der Waals surface area contributed by atoms with E-state index in [1.54, 1.807) is 6.07 Å². The smallest absolute Gasteiger partial charge is 0.165 e. The zero-order chi connectivity index (χ0) is 14.1. The molecule has 0 atom stereocenters. The second-order valence-corrected chi connectivity index (χ2v) is 5.36. The van der Waals surface area contributed by atoms with E-state index in [4.69, 9.17) is 11.6 Å². The van der Waals surface area contributed by atoms with Crippen LogP contribution in [0.25, 0.3) is 0 Å². The number of ketones is 1. The van der Waals surface area contributed by atoms with Crippen molar-refractivity contribution in [1.82, 2.24) is 0 Å². The number of benzene rings is 1. The molecule has 106 valence electrons. The molecule has 1 aromatic rings. The Morgan fingerprint density at radius 2 is 1.74 bits per heavy atom. The normalized spacial score (nSPS) is 10.7. The molecule has 0 aliphatic heterocycles. The summed E-state index contributed by atoms with van der Waals surface area (Å²) in [4.78, 5) is 11.8. The highest BCUT2D eigenvalue weighted by molar-refractivity contribution is 6.30. The Morgan fingerprint density at radius 1 is 1.11 bits per heavy atom. The first-order chi connectivity index (χ1) is 9.15. The number of Topliss-reactive ketones (excluding diaryl/α,β-unsaturated/α-hetero) is 1. The van der Waals surface area contributed by atoms with Gasteiger partial charge < -0.3 is 0 Å². The second kappa shape index (κ2) is 9.08. The monoisotopic (exact) mass is 284 g/mol. The van der Waals surface area contributed by atoms with Gasteiger partial charge in [-0.05, 0) is 24.6 Å². The van der Waals surface area contributed by atoms with Crippen molar-refractivity contribution in [1.29, 1.82) is 0 Å². The molecule has 0 N–H and O–H groups in total. The SMILES string of the molecule is CCCCCCCCCC(=O)c1ccc(Cl)cc1F. The van der Waals surface area contributed by atoms with Crippen LogP contribution < -0.4 is 0 Å².